The molecule has 6 rings (SSSR count). The average molecular weight is 448 g/mol. The van der Waals surface area contributed by atoms with Crippen LogP contribution in [0.4, 0.5) is 5.69 Å². The third kappa shape index (κ3) is 3.51. The summed E-state index contributed by atoms with van der Waals surface area (Å²) in [4.78, 5) is 11.7. The number of aromatic nitrogens is 3. The number of hydrogen-bond donors (Lipinski definition) is 1. The van der Waals surface area contributed by atoms with Crippen molar-refractivity contribution in [2.24, 2.45) is 7.05 Å². The van der Waals surface area contributed by atoms with Gasteiger partial charge in [-0.3, -0.25) is 0 Å². The average Bonchev–Trinajstić information content (AvgIpc) is 3.42. The molecule has 0 saturated carbocycles. The molecule has 1 aliphatic rings. The fourth-order valence-electron chi connectivity index (χ4n) is 4.32. The number of aromatic amines is 1. The molecule has 33 heavy (non-hydrogen) atoms. The SMILES string of the molecule is CN1/C(=C\C=C\c2ccc3cc(-c4nc5ccccc5[nH]4)ccc3[n+]2C)Sc2ccccc21. The summed E-state index contributed by atoms with van der Waals surface area (Å²) >= 11 is 1.81. The van der Waals surface area contributed by atoms with E-state index in [1.807, 2.05) is 30.0 Å². The second kappa shape index (κ2) is 7.94. The molecule has 0 saturated heterocycles. The molecule has 0 amide bonds. The van der Waals surface area contributed by atoms with Gasteiger partial charge in [-0.25, -0.2) is 4.98 Å². The highest BCUT2D eigenvalue weighted by Crippen LogP contribution is 2.44. The molecule has 3 heterocycles. The largest absolute Gasteiger partial charge is 0.338 e. The third-order valence-corrected chi connectivity index (χ3v) is 7.33. The summed E-state index contributed by atoms with van der Waals surface area (Å²) in [5.74, 6) is 0.899. The number of fused-ring (bicyclic) bond motifs is 3. The van der Waals surface area contributed by atoms with Crippen LogP contribution in [0.5, 0.6) is 0 Å². The quantitative estimate of drug-likeness (QED) is 0.330. The van der Waals surface area contributed by atoms with E-state index < -0.39 is 0 Å². The van der Waals surface area contributed by atoms with Crippen molar-refractivity contribution >= 4 is 45.5 Å². The number of allylic oxidation sites excluding steroid dienone is 2. The molecule has 0 aliphatic carbocycles. The number of pyridine rings is 1. The minimum Gasteiger partial charge on any atom is -0.338 e. The van der Waals surface area contributed by atoms with Crippen molar-refractivity contribution in [3.05, 3.63) is 102 Å². The van der Waals surface area contributed by atoms with Crippen molar-refractivity contribution in [1.82, 2.24) is 9.97 Å². The molecule has 0 unspecified atom stereocenters. The first kappa shape index (κ1) is 19.8. The minimum atomic E-state index is 0.899. The summed E-state index contributed by atoms with van der Waals surface area (Å²) < 4.78 is 2.23. The fraction of sp³-hybridized carbons (Fsp3) is 0.0714. The van der Waals surface area contributed by atoms with Crippen LogP contribution in [0.2, 0.25) is 0 Å². The van der Waals surface area contributed by atoms with E-state index in [1.165, 1.54) is 26.5 Å². The lowest BCUT2D eigenvalue weighted by atomic mass is 10.1. The van der Waals surface area contributed by atoms with Gasteiger partial charge in [-0.1, -0.05) is 42.1 Å². The molecule has 2 aromatic heterocycles. The Morgan fingerprint density at radius 2 is 1.82 bits per heavy atom. The van der Waals surface area contributed by atoms with Gasteiger partial charge in [0.25, 0.3) is 0 Å². The number of anilines is 1. The summed E-state index contributed by atoms with van der Waals surface area (Å²) in [5, 5.41) is 2.42. The highest BCUT2D eigenvalue weighted by atomic mass is 32.2. The van der Waals surface area contributed by atoms with Crippen LogP contribution in [0, 0.1) is 0 Å². The molecule has 3 aromatic carbocycles. The summed E-state index contributed by atoms with van der Waals surface area (Å²) in [6.45, 7) is 0. The highest BCUT2D eigenvalue weighted by Gasteiger charge is 2.20. The molecule has 4 nitrogen and oxygen atoms in total. The van der Waals surface area contributed by atoms with Crippen LogP contribution < -0.4 is 9.47 Å². The van der Waals surface area contributed by atoms with Crippen molar-refractivity contribution in [2.45, 2.75) is 4.90 Å². The van der Waals surface area contributed by atoms with E-state index in [4.69, 9.17) is 4.98 Å². The van der Waals surface area contributed by atoms with Crippen LogP contribution >= 0.6 is 11.8 Å². The van der Waals surface area contributed by atoms with Crippen LogP contribution in [0.25, 0.3) is 39.4 Å². The Kier molecular flexibility index (Phi) is 4.77. The Morgan fingerprint density at radius 1 is 0.970 bits per heavy atom. The van der Waals surface area contributed by atoms with Crippen molar-refractivity contribution in [1.29, 1.82) is 0 Å². The summed E-state index contributed by atoms with van der Waals surface area (Å²) in [6, 6.07) is 27.5. The van der Waals surface area contributed by atoms with Crippen molar-refractivity contribution in [3.8, 4) is 11.4 Å². The van der Waals surface area contributed by atoms with E-state index in [1.54, 1.807) is 0 Å². The number of imidazole rings is 1. The first-order valence-corrected chi connectivity index (χ1v) is 11.8. The zero-order valence-electron chi connectivity index (χ0n) is 18.5. The van der Waals surface area contributed by atoms with Crippen molar-refractivity contribution in [3.63, 3.8) is 0 Å². The molecule has 5 heteroatoms. The zero-order valence-corrected chi connectivity index (χ0v) is 19.3. The van der Waals surface area contributed by atoms with Gasteiger partial charge in [0.1, 0.15) is 12.9 Å². The molecular formula is C28H23N4S+. The molecule has 5 aromatic rings. The maximum atomic E-state index is 4.74. The van der Waals surface area contributed by atoms with Crippen LogP contribution in [0.1, 0.15) is 5.69 Å². The van der Waals surface area contributed by atoms with E-state index in [0.29, 0.717) is 0 Å². The number of benzene rings is 3. The predicted molar refractivity (Wildman–Crippen MR) is 138 cm³/mol. The Labute approximate surface area is 196 Å². The van der Waals surface area contributed by atoms with Crippen molar-refractivity contribution in [2.75, 3.05) is 11.9 Å². The normalized spacial score (nSPS) is 14.7. The number of rotatable bonds is 3. The number of para-hydroxylation sites is 3. The van der Waals surface area contributed by atoms with Gasteiger partial charge in [0.05, 0.1) is 21.7 Å². The van der Waals surface area contributed by atoms with Gasteiger partial charge in [-0.15, -0.1) is 0 Å². The summed E-state index contributed by atoms with van der Waals surface area (Å²) in [6.07, 6.45) is 6.48. The summed E-state index contributed by atoms with van der Waals surface area (Å²) in [5.41, 5.74) is 6.73. The Hall–Kier alpha value is -3.83. The zero-order chi connectivity index (χ0) is 22.4. The smallest absolute Gasteiger partial charge is 0.212 e. The second-order valence-corrected chi connectivity index (χ2v) is 9.25. The van der Waals surface area contributed by atoms with Gasteiger partial charge in [-0.2, -0.15) is 4.57 Å². The Morgan fingerprint density at radius 3 is 2.70 bits per heavy atom. The van der Waals surface area contributed by atoms with Crippen LogP contribution in [0.3, 0.4) is 0 Å². The van der Waals surface area contributed by atoms with Gasteiger partial charge in [0.2, 0.25) is 11.2 Å². The predicted octanol–water partition coefficient (Wildman–Crippen LogP) is 6.30. The van der Waals surface area contributed by atoms with Crippen LogP contribution in [0.15, 0.2) is 101 Å². The Balaban J connectivity index is 1.29. The highest BCUT2D eigenvalue weighted by molar-refractivity contribution is 8.03. The van der Waals surface area contributed by atoms with Gasteiger partial charge in [-0.05, 0) is 48.5 Å². The molecule has 0 atom stereocenters. The molecule has 160 valence electrons. The first-order valence-electron chi connectivity index (χ1n) is 10.9. The van der Waals surface area contributed by atoms with E-state index in [9.17, 15) is 0 Å². The first-order chi connectivity index (χ1) is 16.2. The molecule has 0 spiro atoms. The van der Waals surface area contributed by atoms with E-state index in [0.717, 1.165) is 28.1 Å². The van der Waals surface area contributed by atoms with Crippen LogP contribution in [-0.2, 0) is 7.05 Å². The fourth-order valence-corrected chi connectivity index (χ4v) is 5.38. The number of nitrogens with zero attached hydrogens (tertiary/aromatic N) is 3. The maximum absolute atomic E-state index is 4.74. The lowest BCUT2D eigenvalue weighted by Gasteiger charge is -2.12. The molecule has 0 fully saturated rings. The molecule has 0 radical (unpaired) electrons. The lowest BCUT2D eigenvalue weighted by molar-refractivity contribution is -0.646. The number of nitrogens with one attached hydrogen (secondary N) is 1. The van der Waals surface area contributed by atoms with Gasteiger partial charge in [0.15, 0.2) is 0 Å². The van der Waals surface area contributed by atoms with Crippen molar-refractivity contribution < 1.29 is 4.57 Å². The van der Waals surface area contributed by atoms with Crippen LogP contribution in [-0.4, -0.2) is 17.0 Å². The number of aryl methyl sites for hydroxylation is 1. The number of thioether (sulfide) groups is 1. The molecule has 0 bridgehead atoms. The molecule has 1 aliphatic heterocycles. The maximum Gasteiger partial charge on any atom is 0.212 e. The lowest BCUT2D eigenvalue weighted by Crippen LogP contribution is -2.32. The van der Waals surface area contributed by atoms with Gasteiger partial charge >= 0.3 is 0 Å². The molecular weight excluding hydrogens is 424 g/mol. The summed E-state index contributed by atoms with van der Waals surface area (Å²) in [7, 11) is 4.23. The molecule has 1 N–H and O–H groups in total. The topological polar surface area (TPSA) is 35.8 Å². The van der Waals surface area contributed by atoms with E-state index in [-0.39, 0.29) is 0 Å². The van der Waals surface area contributed by atoms with Gasteiger partial charge < -0.3 is 9.88 Å². The number of hydrogen-bond acceptors (Lipinski definition) is 3. The standard InChI is InChI=1S/C28H23N4S/c1-31-21(8-7-13-27-32(2)25-11-5-6-12-26(25)33-27)16-14-19-18-20(15-17-24(19)31)28-29-22-9-3-4-10-23(22)30-28/h3-18H,1-2H3,(H,29,30)/q+1. The monoisotopic (exact) mass is 447 g/mol. The van der Waals surface area contributed by atoms with Gasteiger partial charge in [0, 0.05) is 41.1 Å². The minimum absolute atomic E-state index is 0.899. The van der Waals surface area contributed by atoms with E-state index >= 15 is 0 Å². The second-order valence-electron chi connectivity index (χ2n) is 8.19. The Bertz CT molecular complexity index is 1550. The van der Waals surface area contributed by atoms with E-state index in [2.05, 4.69) is 107 Å². The number of H-pyrrole nitrogens is 1. The third-order valence-electron chi connectivity index (χ3n) is 6.15.